The molecule has 0 heterocycles. The van der Waals surface area contributed by atoms with Gasteiger partial charge < -0.3 is 15.8 Å². The van der Waals surface area contributed by atoms with Crippen molar-refractivity contribution in [3.8, 4) is 5.75 Å². The highest BCUT2D eigenvalue weighted by atomic mass is 79.9. The van der Waals surface area contributed by atoms with E-state index in [-0.39, 0.29) is 30.8 Å². The van der Waals surface area contributed by atoms with Crippen LogP contribution in [0.3, 0.4) is 0 Å². The van der Waals surface area contributed by atoms with Gasteiger partial charge in [-0.1, -0.05) is 35.8 Å². The second kappa shape index (κ2) is 8.49. The van der Waals surface area contributed by atoms with Crippen molar-refractivity contribution >= 4 is 34.2 Å². The monoisotopic (exact) mass is 364 g/mol. The van der Waals surface area contributed by atoms with Crippen molar-refractivity contribution in [2.75, 3.05) is 13.2 Å². The molecule has 0 aliphatic heterocycles. The standard InChI is InChI=1S/C14H21BrN2O2.ClH/c1-10(2)14(3,9-16)17-13(18)8-19-12-6-4-5-11(15)7-12;/h4-7,10H,8-9,16H2,1-3H3,(H,17,18);1H. The van der Waals surface area contributed by atoms with Crippen LogP contribution in [0, 0.1) is 5.92 Å². The molecule has 1 atom stereocenters. The SMILES string of the molecule is CC(C)C(C)(CN)NC(=O)COc1cccc(Br)c1.Cl. The van der Waals surface area contributed by atoms with Crippen LogP contribution in [-0.2, 0) is 4.79 Å². The second-order valence-corrected chi connectivity index (χ2v) is 5.99. The van der Waals surface area contributed by atoms with Gasteiger partial charge in [0, 0.05) is 11.0 Å². The quantitative estimate of drug-likeness (QED) is 0.814. The summed E-state index contributed by atoms with van der Waals surface area (Å²) in [7, 11) is 0. The summed E-state index contributed by atoms with van der Waals surface area (Å²) in [6.07, 6.45) is 0. The largest absolute Gasteiger partial charge is 0.484 e. The summed E-state index contributed by atoms with van der Waals surface area (Å²) >= 11 is 3.35. The Kier molecular flexibility index (Phi) is 8.16. The molecule has 1 unspecified atom stereocenters. The summed E-state index contributed by atoms with van der Waals surface area (Å²) < 4.78 is 6.35. The van der Waals surface area contributed by atoms with Crippen LogP contribution in [0.15, 0.2) is 28.7 Å². The van der Waals surface area contributed by atoms with E-state index in [0.717, 1.165) is 4.47 Å². The van der Waals surface area contributed by atoms with Gasteiger partial charge in [-0.05, 0) is 31.0 Å². The average molecular weight is 366 g/mol. The number of nitrogens with two attached hydrogens (primary N) is 1. The molecule has 1 aromatic carbocycles. The van der Waals surface area contributed by atoms with Crippen molar-refractivity contribution in [2.45, 2.75) is 26.3 Å². The van der Waals surface area contributed by atoms with E-state index in [1.807, 2.05) is 45.0 Å². The van der Waals surface area contributed by atoms with Gasteiger partial charge in [0.25, 0.3) is 5.91 Å². The van der Waals surface area contributed by atoms with Crippen LogP contribution in [0.4, 0.5) is 0 Å². The normalized spacial score (nSPS) is 13.3. The van der Waals surface area contributed by atoms with Crippen LogP contribution < -0.4 is 15.8 Å². The number of ether oxygens (including phenoxy) is 1. The summed E-state index contributed by atoms with van der Waals surface area (Å²) in [6, 6.07) is 7.38. The van der Waals surface area contributed by atoms with E-state index in [9.17, 15) is 4.79 Å². The number of halogens is 2. The van der Waals surface area contributed by atoms with Crippen LogP contribution >= 0.6 is 28.3 Å². The number of hydrogen-bond acceptors (Lipinski definition) is 3. The molecule has 0 aliphatic rings. The topological polar surface area (TPSA) is 64.3 Å². The van der Waals surface area contributed by atoms with E-state index < -0.39 is 5.54 Å². The molecule has 20 heavy (non-hydrogen) atoms. The minimum absolute atomic E-state index is 0. The van der Waals surface area contributed by atoms with E-state index in [4.69, 9.17) is 10.5 Å². The minimum Gasteiger partial charge on any atom is -0.484 e. The van der Waals surface area contributed by atoms with Crippen molar-refractivity contribution in [3.05, 3.63) is 28.7 Å². The Morgan fingerprint density at radius 3 is 2.65 bits per heavy atom. The lowest BCUT2D eigenvalue weighted by molar-refractivity contribution is -0.125. The van der Waals surface area contributed by atoms with Gasteiger partial charge in [-0.2, -0.15) is 0 Å². The number of hydrogen-bond donors (Lipinski definition) is 2. The number of carbonyl (C=O) groups excluding carboxylic acids is 1. The molecular formula is C14H22BrClN2O2. The molecule has 0 saturated heterocycles. The van der Waals surface area contributed by atoms with Crippen LogP contribution in [0.5, 0.6) is 5.75 Å². The molecule has 1 rings (SSSR count). The molecule has 0 aromatic heterocycles. The molecule has 1 amide bonds. The second-order valence-electron chi connectivity index (χ2n) is 5.07. The highest BCUT2D eigenvalue weighted by Gasteiger charge is 2.28. The van der Waals surface area contributed by atoms with Crippen molar-refractivity contribution in [1.29, 1.82) is 0 Å². The van der Waals surface area contributed by atoms with Gasteiger partial charge in [0.1, 0.15) is 5.75 Å². The summed E-state index contributed by atoms with van der Waals surface area (Å²) in [4.78, 5) is 11.9. The third kappa shape index (κ3) is 5.69. The summed E-state index contributed by atoms with van der Waals surface area (Å²) in [5.74, 6) is 0.748. The Hall–Kier alpha value is -0.780. The molecule has 0 aliphatic carbocycles. The number of amides is 1. The zero-order valence-electron chi connectivity index (χ0n) is 12.0. The molecule has 0 saturated carbocycles. The van der Waals surface area contributed by atoms with E-state index in [2.05, 4.69) is 21.2 Å². The molecule has 6 heteroatoms. The van der Waals surface area contributed by atoms with Gasteiger partial charge in [-0.3, -0.25) is 4.79 Å². The predicted octanol–water partition coefficient (Wildman–Crippen LogP) is 2.74. The highest BCUT2D eigenvalue weighted by molar-refractivity contribution is 9.10. The number of rotatable bonds is 6. The maximum Gasteiger partial charge on any atom is 0.258 e. The summed E-state index contributed by atoms with van der Waals surface area (Å²) in [5, 5.41) is 2.93. The van der Waals surface area contributed by atoms with Gasteiger partial charge in [0.2, 0.25) is 0 Å². The lowest BCUT2D eigenvalue weighted by atomic mass is 9.88. The molecule has 1 aromatic rings. The van der Waals surface area contributed by atoms with E-state index in [1.54, 1.807) is 0 Å². The van der Waals surface area contributed by atoms with Crippen molar-refractivity contribution in [3.63, 3.8) is 0 Å². The van der Waals surface area contributed by atoms with Gasteiger partial charge in [-0.15, -0.1) is 12.4 Å². The van der Waals surface area contributed by atoms with Gasteiger partial charge in [0.15, 0.2) is 6.61 Å². The van der Waals surface area contributed by atoms with E-state index in [1.165, 1.54) is 0 Å². The Morgan fingerprint density at radius 1 is 1.50 bits per heavy atom. The van der Waals surface area contributed by atoms with Crippen molar-refractivity contribution < 1.29 is 9.53 Å². The molecule has 0 spiro atoms. The third-order valence-corrected chi connectivity index (χ3v) is 3.78. The lowest BCUT2D eigenvalue weighted by Gasteiger charge is -2.33. The Bertz CT molecular complexity index is 443. The predicted molar refractivity (Wildman–Crippen MR) is 87.3 cm³/mol. The molecule has 0 bridgehead atoms. The fourth-order valence-electron chi connectivity index (χ4n) is 1.49. The van der Waals surface area contributed by atoms with Crippen molar-refractivity contribution in [2.24, 2.45) is 11.7 Å². The summed E-state index contributed by atoms with van der Waals surface area (Å²) in [6.45, 7) is 6.38. The number of nitrogens with one attached hydrogen (secondary N) is 1. The molecule has 0 radical (unpaired) electrons. The molecule has 3 N–H and O–H groups in total. The Balaban J connectivity index is 0.00000361. The van der Waals surface area contributed by atoms with Gasteiger partial charge in [0.05, 0.1) is 5.54 Å². The van der Waals surface area contributed by atoms with E-state index >= 15 is 0 Å². The Morgan fingerprint density at radius 2 is 2.15 bits per heavy atom. The van der Waals surface area contributed by atoms with Gasteiger partial charge in [-0.25, -0.2) is 0 Å². The minimum atomic E-state index is -0.405. The van der Waals surface area contributed by atoms with Gasteiger partial charge >= 0.3 is 0 Å². The third-order valence-electron chi connectivity index (χ3n) is 3.29. The van der Waals surface area contributed by atoms with Crippen LogP contribution in [0.2, 0.25) is 0 Å². The zero-order chi connectivity index (χ0) is 14.5. The fraction of sp³-hybridized carbons (Fsp3) is 0.500. The average Bonchev–Trinajstić information content (AvgIpc) is 2.36. The van der Waals surface area contributed by atoms with Crippen LogP contribution in [0.25, 0.3) is 0 Å². The van der Waals surface area contributed by atoms with E-state index in [0.29, 0.717) is 12.3 Å². The highest BCUT2D eigenvalue weighted by Crippen LogP contribution is 2.18. The number of benzene rings is 1. The lowest BCUT2D eigenvalue weighted by Crippen LogP contribution is -2.56. The smallest absolute Gasteiger partial charge is 0.258 e. The first-order chi connectivity index (χ1) is 8.87. The first-order valence-electron chi connectivity index (χ1n) is 6.27. The zero-order valence-corrected chi connectivity index (χ0v) is 14.4. The maximum absolute atomic E-state index is 11.9. The first-order valence-corrected chi connectivity index (χ1v) is 7.06. The molecule has 4 nitrogen and oxygen atoms in total. The molecule has 0 fully saturated rings. The maximum atomic E-state index is 11.9. The number of carbonyl (C=O) groups is 1. The molecule has 114 valence electrons. The molecular weight excluding hydrogens is 344 g/mol. The fourth-order valence-corrected chi connectivity index (χ4v) is 1.87. The summed E-state index contributed by atoms with van der Waals surface area (Å²) in [5.41, 5.74) is 5.32. The van der Waals surface area contributed by atoms with Crippen molar-refractivity contribution in [1.82, 2.24) is 5.32 Å². The van der Waals surface area contributed by atoms with Crippen LogP contribution in [0.1, 0.15) is 20.8 Å². The first kappa shape index (κ1) is 19.2. The Labute approximate surface area is 135 Å². The van der Waals surface area contributed by atoms with Crippen LogP contribution in [-0.4, -0.2) is 24.6 Å².